The molecule has 0 atom stereocenters. The van der Waals surface area contributed by atoms with Gasteiger partial charge in [0.25, 0.3) is 0 Å². The first-order chi connectivity index (χ1) is 14.9. The minimum atomic E-state index is -0.234. The minimum absolute atomic E-state index is 0. The second-order valence-corrected chi connectivity index (χ2v) is 9.47. The van der Waals surface area contributed by atoms with Gasteiger partial charge in [0.1, 0.15) is 11.4 Å². The summed E-state index contributed by atoms with van der Waals surface area (Å²) in [4.78, 5) is 21.2. The lowest BCUT2D eigenvalue weighted by atomic mass is 9.84. The number of nitrogens with zero attached hydrogens (tertiary/aromatic N) is 3. The highest BCUT2D eigenvalue weighted by atomic mass is 127. The summed E-state index contributed by atoms with van der Waals surface area (Å²) in [7, 11) is 1.79. The zero-order chi connectivity index (χ0) is 22.3. The summed E-state index contributed by atoms with van der Waals surface area (Å²) in [6.45, 7) is 12.2. The van der Waals surface area contributed by atoms with Crippen LogP contribution in [0.15, 0.2) is 29.3 Å². The van der Waals surface area contributed by atoms with Gasteiger partial charge in [0.15, 0.2) is 5.96 Å². The number of rotatable bonds is 7. The third-order valence-corrected chi connectivity index (χ3v) is 5.92. The molecule has 32 heavy (non-hydrogen) atoms. The Hall–Kier alpha value is -1.55. The van der Waals surface area contributed by atoms with E-state index in [2.05, 4.69) is 52.3 Å². The Morgan fingerprint density at radius 1 is 1.12 bits per heavy atom. The van der Waals surface area contributed by atoms with Crippen molar-refractivity contribution >= 4 is 35.8 Å². The molecule has 3 rings (SSSR count). The number of halogens is 1. The fourth-order valence-electron chi connectivity index (χ4n) is 3.92. The molecule has 1 aromatic carbocycles. The van der Waals surface area contributed by atoms with Crippen molar-refractivity contribution in [1.82, 2.24) is 20.4 Å². The number of ether oxygens (including phenoxy) is 1. The van der Waals surface area contributed by atoms with Gasteiger partial charge in [0, 0.05) is 64.3 Å². The fraction of sp³-hybridized carbons (Fsp3) is 0.667. The Morgan fingerprint density at radius 3 is 2.41 bits per heavy atom. The number of para-hydroxylation sites is 1. The van der Waals surface area contributed by atoms with E-state index in [-0.39, 0.29) is 29.6 Å². The number of guanidine groups is 1. The summed E-state index contributed by atoms with van der Waals surface area (Å²) >= 11 is 0. The molecule has 0 unspecified atom stereocenters. The monoisotopic (exact) mass is 557 g/mol. The van der Waals surface area contributed by atoms with Crippen LogP contribution in [-0.4, -0.2) is 73.6 Å². The van der Waals surface area contributed by atoms with Gasteiger partial charge in [-0.25, -0.2) is 0 Å². The lowest BCUT2D eigenvalue weighted by Crippen LogP contribution is -2.52. The number of hydrogen-bond acceptors (Lipinski definition) is 4. The van der Waals surface area contributed by atoms with Crippen LogP contribution >= 0.6 is 24.0 Å². The summed E-state index contributed by atoms with van der Waals surface area (Å²) in [5, 5.41) is 6.79. The van der Waals surface area contributed by atoms with Gasteiger partial charge < -0.3 is 20.3 Å². The molecule has 1 aromatic rings. The van der Waals surface area contributed by atoms with E-state index in [9.17, 15) is 4.79 Å². The van der Waals surface area contributed by atoms with Crippen molar-refractivity contribution < 1.29 is 9.53 Å². The lowest BCUT2D eigenvalue weighted by Gasteiger charge is -2.38. The Morgan fingerprint density at radius 2 is 1.81 bits per heavy atom. The first kappa shape index (κ1) is 26.7. The normalized spacial score (nSPS) is 17.9. The van der Waals surface area contributed by atoms with Crippen molar-refractivity contribution in [3.63, 3.8) is 0 Å². The van der Waals surface area contributed by atoms with E-state index in [0.717, 1.165) is 69.4 Å². The molecule has 0 spiro atoms. The van der Waals surface area contributed by atoms with Crippen molar-refractivity contribution in [2.75, 3.05) is 46.3 Å². The predicted octanol–water partition coefficient (Wildman–Crippen LogP) is 3.09. The van der Waals surface area contributed by atoms with Gasteiger partial charge >= 0.3 is 0 Å². The maximum absolute atomic E-state index is 12.4. The van der Waals surface area contributed by atoms with Gasteiger partial charge in [0.2, 0.25) is 5.91 Å². The number of nitrogens with one attached hydrogen (secondary N) is 2. The molecule has 1 amide bonds. The first-order valence-electron chi connectivity index (χ1n) is 11.6. The molecule has 1 heterocycles. The Kier molecular flexibility index (Phi) is 10.5. The second kappa shape index (κ2) is 12.6. The largest absolute Gasteiger partial charge is 0.488 e. The molecule has 0 bridgehead atoms. The first-order valence-corrected chi connectivity index (χ1v) is 11.6. The number of hydrogen-bond donors (Lipinski definition) is 2. The van der Waals surface area contributed by atoms with Crippen LogP contribution < -0.4 is 15.4 Å². The number of benzene rings is 1. The average molecular weight is 558 g/mol. The van der Waals surface area contributed by atoms with E-state index in [0.29, 0.717) is 18.4 Å². The molecular formula is C24H40IN5O2. The highest BCUT2D eigenvalue weighted by molar-refractivity contribution is 14.0. The molecule has 1 aliphatic heterocycles. The number of carbonyl (C=O) groups is 1. The lowest BCUT2D eigenvalue weighted by molar-refractivity contribution is -0.139. The SMILES string of the molecule is CN=C(NCCN1CCN(C(=O)C2CCC2)CC1)NCc1ccccc1OC(C)(C)C.I. The quantitative estimate of drug-likeness (QED) is 0.307. The maximum atomic E-state index is 12.4. The third-order valence-electron chi connectivity index (χ3n) is 5.92. The van der Waals surface area contributed by atoms with Crippen LogP contribution in [0.5, 0.6) is 5.75 Å². The summed E-state index contributed by atoms with van der Waals surface area (Å²) in [6.07, 6.45) is 3.39. The molecule has 7 nitrogen and oxygen atoms in total. The van der Waals surface area contributed by atoms with Gasteiger partial charge in [-0.3, -0.25) is 14.7 Å². The molecule has 1 aliphatic carbocycles. The van der Waals surface area contributed by atoms with E-state index >= 15 is 0 Å². The highest BCUT2D eigenvalue weighted by Crippen LogP contribution is 2.28. The molecule has 2 N–H and O–H groups in total. The summed E-state index contributed by atoms with van der Waals surface area (Å²) < 4.78 is 6.08. The van der Waals surface area contributed by atoms with Gasteiger partial charge in [-0.1, -0.05) is 24.6 Å². The van der Waals surface area contributed by atoms with Crippen molar-refractivity contribution in [3.8, 4) is 5.75 Å². The Labute approximate surface area is 210 Å². The molecule has 180 valence electrons. The zero-order valence-electron chi connectivity index (χ0n) is 20.0. The molecule has 0 aromatic heterocycles. The van der Waals surface area contributed by atoms with Crippen LogP contribution in [0.1, 0.15) is 45.6 Å². The van der Waals surface area contributed by atoms with E-state index in [1.165, 1.54) is 6.42 Å². The van der Waals surface area contributed by atoms with Crippen LogP contribution in [0.3, 0.4) is 0 Å². The molecule has 1 saturated carbocycles. The average Bonchev–Trinajstić information content (AvgIpc) is 2.69. The van der Waals surface area contributed by atoms with Gasteiger partial charge in [-0.05, 0) is 39.7 Å². The molecular weight excluding hydrogens is 517 g/mol. The molecule has 1 saturated heterocycles. The van der Waals surface area contributed by atoms with Crippen LogP contribution in [0.2, 0.25) is 0 Å². The Bertz CT molecular complexity index is 753. The van der Waals surface area contributed by atoms with Crippen LogP contribution in [0.4, 0.5) is 0 Å². The van der Waals surface area contributed by atoms with Crippen LogP contribution in [0.25, 0.3) is 0 Å². The summed E-state index contributed by atoms with van der Waals surface area (Å²) in [6, 6.07) is 8.11. The summed E-state index contributed by atoms with van der Waals surface area (Å²) in [5.74, 6) is 2.36. The van der Waals surface area contributed by atoms with Gasteiger partial charge in [-0.2, -0.15) is 0 Å². The minimum Gasteiger partial charge on any atom is -0.488 e. The van der Waals surface area contributed by atoms with Gasteiger partial charge in [-0.15, -0.1) is 24.0 Å². The van der Waals surface area contributed by atoms with E-state index in [1.54, 1.807) is 7.05 Å². The van der Waals surface area contributed by atoms with Gasteiger partial charge in [0.05, 0.1) is 0 Å². The number of amides is 1. The van der Waals surface area contributed by atoms with E-state index < -0.39 is 0 Å². The van der Waals surface area contributed by atoms with Crippen molar-refractivity contribution in [1.29, 1.82) is 0 Å². The second-order valence-electron chi connectivity index (χ2n) is 9.47. The highest BCUT2D eigenvalue weighted by Gasteiger charge is 2.31. The standard InChI is InChI=1S/C24H39N5O2.HI/c1-24(2,3)31-21-11-6-5-8-20(21)18-27-23(25-4)26-12-13-28-14-16-29(17-15-28)22(30)19-9-7-10-19;/h5-6,8,11,19H,7,9-10,12-18H2,1-4H3,(H2,25,26,27);1H. The van der Waals surface area contributed by atoms with Crippen LogP contribution in [-0.2, 0) is 11.3 Å². The Balaban J connectivity index is 0.00000363. The van der Waals surface area contributed by atoms with Crippen molar-refractivity contribution in [2.24, 2.45) is 10.9 Å². The molecule has 2 aliphatic rings. The number of aliphatic imine (C=N–C) groups is 1. The number of carbonyl (C=O) groups excluding carboxylic acids is 1. The van der Waals surface area contributed by atoms with E-state index in [4.69, 9.17) is 4.74 Å². The summed E-state index contributed by atoms with van der Waals surface area (Å²) in [5.41, 5.74) is 0.871. The third kappa shape index (κ3) is 8.10. The van der Waals surface area contributed by atoms with Crippen molar-refractivity contribution in [2.45, 2.75) is 52.2 Å². The number of piperazine rings is 1. The predicted molar refractivity (Wildman–Crippen MR) is 141 cm³/mol. The smallest absolute Gasteiger partial charge is 0.225 e. The molecule has 0 radical (unpaired) electrons. The fourth-order valence-corrected chi connectivity index (χ4v) is 3.92. The maximum Gasteiger partial charge on any atom is 0.225 e. The van der Waals surface area contributed by atoms with Crippen LogP contribution in [0, 0.1) is 5.92 Å². The zero-order valence-corrected chi connectivity index (χ0v) is 22.4. The molecule has 2 fully saturated rings. The van der Waals surface area contributed by atoms with E-state index in [1.807, 2.05) is 18.2 Å². The topological polar surface area (TPSA) is 69.2 Å². The van der Waals surface area contributed by atoms with Crippen molar-refractivity contribution in [3.05, 3.63) is 29.8 Å². The molecule has 8 heteroatoms.